The minimum Gasteiger partial charge on any atom is -0.439 e. The topological polar surface area (TPSA) is 50.1 Å². The van der Waals surface area contributed by atoms with Crippen LogP contribution >= 0.6 is 0 Å². The summed E-state index contributed by atoms with van der Waals surface area (Å²) in [5.41, 5.74) is 0.390. The Morgan fingerprint density at radius 3 is 2.80 bits per heavy atom. The second-order valence-corrected chi connectivity index (χ2v) is 5.55. The van der Waals surface area contributed by atoms with E-state index in [9.17, 15) is 4.39 Å². The normalized spacial score (nSPS) is 35.4. The van der Waals surface area contributed by atoms with E-state index in [1.807, 2.05) is 20.8 Å². The SMILES string of the molecule is CC[C@H]1O[C@@H]2OC(C)(C)O[C@@H]2[C@H]1OCc1ccoc1F. The number of furan rings is 1. The fourth-order valence-corrected chi connectivity index (χ4v) is 2.68. The summed E-state index contributed by atoms with van der Waals surface area (Å²) in [6.45, 7) is 5.80. The van der Waals surface area contributed by atoms with Gasteiger partial charge in [-0.15, -0.1) is 0 Å². The van der Waals surface area contributed by atoms with E-state index >= 15 is 0 Å². The molecule has 20 heavy (non-hydrogen) atoms. The van der Waals surface area contributed by atoms with Crippen LogP contribution < -0.4 is 0 Å². The van der Waals surface area contributed by atoms with Gasteiger partial charge in [0, 0.05) is 0 Å². The van der Waals surface area contributed by atoms with Crippen molar-refractivity contribution in [3.8, 4) is 0 Å². The summed E-state index contributed by atoms with van der Waals surface area (Å²) >= 11 is 0. The van der Waals surface area contributed by atoms with Crippen molar-refractivity contribution in [3.63, 3.8) is 0 Å². The van der Waals surface area contributed by atoms with E-state index in [1.165, 1.54) is 6.26 Å². The molecule has 1 aromatic rings. The van der Waals surface area contributed by atoms with Crippen molar-refractivity contribution in [1.29, 1.82) is 0 Å². The van der Waals surface area contributed by atoms with Crippen LogP contribution in [0.4, 0.5) is 4.39 Å². The van der Waals surface area contributed by atoms with Crippen molar-refractivity contribution in [3.05, 3.63) is 23.9 Å². The van der Waals surface area contributed by atoms with Gasteiger partial charge in [-0.1, -0.05) is 6.92 Å². The van der Waals surface area contributed by atoms with Crippen LogP contribution in [0.15, 0.2) is 16.7 Å². The van der Waals surface area contributed by atoms with Gasteiger partial charge < -0.3 is 23.4 Å². The molecule has 1 aromatic heterocycles. The van der Waals surface area contributed by atoms with Crippen LogP contribution in [-0.2, 0) is 25.6 Å². The van der Waals surface area contributed by atoms with Gasteiger partial charge in [0.25, 0.3) is 6.01 Å². The number of fused-ring (bicyclic) bond motifs is 1. The Morgan fingerprint density at radius 1 is 1.35 bits per heavy atom. The van der Waals surface area contributed by atoms with Gasteiger partial charge in [-0.25, -0.2) is 0 Å². The average Bonchev–Trinajstić information content (AvgIpc) is 2.99. The highest BCUT2D eigenvalue weighted by atomic mass is 19.1. The predicted octanol–water partition coefficient (Wildman–Crippen LogP) is 2.59. The van der Waals surface area contributed by atoms with Crippen LogP contribution in [-0.4, -0.2) is 30.4 Å². The maximum atomic E-state index is 13.3. The van der Waals surface area contributed by atoms with Crippen LogP contribution in [0, 0.1) is 6.01 Å². The van der Waals surface area contributed by atoms with Crippen LogP contribution in [0.25, 0.3) is 0 Å². The van der Waals surface area contributed by atoms with Crippen molar-refractivity contribution in [2.45, 2.75) is 64.2 Å². The second-order valence-electron chi connectivity index (χ2n) is 5.55. The van der Waals surface area contributed by atoms with Gasteiger partial charge in [-0.2, -0.15) is 4.39 Å². The van der Waals surface area contributed by atoms with Crippen molar-refractivity contribution in [1.82, 2.24) is 0 Å². The third-order valence-corrected chi connectivity index (χ3v) is 3.61. The minimum absolute atomic E-state index is 0.115. The zero-order chi connectivity index (χ0) is 14.3. The Labute approximate surface area is 116 Å². The Hall–Kier alpha value is -0.950. The number of hydrogen-bond acceptors (Lipinski definition) is 5. The molecule has 112 valence electrons. The summed E-state index contributed by atoms with van der Waals surface area (Å²) < 4.78 is 41.0. The summed E-state index contributed by atoms with van der Waals surface area (Å²) in [7, 11) is 0. The number of ether oxygens (including phenoxy) is 4. The molecule has 0 aromatic carbocycles. The molecule has 0 amide bonds. The van der Waals surface area contributed by atoms with Crippen molar-refractivity contribution in [2.24, 2.45) is 0 Å². The first-order valence-electron chi connectivity index (χ1n) is 6.85. The van der Waals surface area contributed by atoms with Gasteiger partial charge in [0.1, 0.15) is 12.2 Å². The van der Waals surface area contributed by atoms with E-state index in [0.717, 1.165) is 6.42 Å². The third-order valence-electron chi connectivity index (χ3n) is 3.61. The van der Waals surface area contributed by atoms with Gasteiger partial charge in [-0.05, 0) is 26.3 Å². The maximum absolute atomic E-state index is 13.3. The fraction of sp³-hybridized carbons (Fsp3) is 0.714. The number of rotatable bonds is 4. The predicted molar refractivity (Wildman–Crippen MR) is 66.2 cm³/mol. The maximum Gasteiger partial charge on any atom is 0.283 e. The summed E-state index contributed by atoms with van der Waals surface area (Å²) in [5.74, 6) is -0.684. The van der Waals surface area contributed by atoms with Crippen LogP contribution in [0.5, 0.6) is 0 Å². The molecule has 6 heteroatoms. The van der Waals surface area contributed by atoms with Crippen LogP contribution in [0.1, 0.15) is 32.8 Å². The van der Waals surface area contributed by atoms with E-state index in [2.05, 4.69) is 4.42 Å². The first-order chi connectivity index (χ1) is 9.50. The molecule has 0 radical (unpaired) electrons. The molecule has 0 unspecified atom stereocenters. The Balaban J connectivity index is 1.68. The lowest BCUT2D eigenvalue weighted by Crippen LogP contribution is -2.36. The lowest BCUT2D eigenvalue weighted by molar-refractivity contribution is -0.219. The van der Waals surface area contributed by atoms with Gasteiger partial charge in [0.05, 0.1) is 24.5 Å². The molecule has 0 saturated carbocycles. The molecular weight excluding hydrogens is 267 g/mol. The zero-order valence-corrected chi connectivity index (χ0v) is 11.8. The minimum atomic E-state index is -0.684. The largest absolute Gasteiger partial charge is 0.439 e. The molecule has 3 rings (SSSR count). The molecule has 3 heterocycles. The highest BCUT2D eigenvalue weighted by Gasteiger charge is 2.54. The standard InChI is InChI=1S/C14H19FO5/c1-4-9-10(17-7-8-5-6-16-12(8)15)11-13(18-9)20-14(2,3)19-11/h5-6,9-11,13H,4,7H2,1-3H3/t9-,10+,11-,13-/m1/s1. The molecule has 0 aliphatic carbocycles. The monoisotopic (exact) mass is 286 g/mol. The van der Waals surface area contributed by atoms with E-state index in [1.54, 1.807) is 6.07 Å². The van der Waals surface area contributed by atoms with Crippen molar-refractivity contribution >= 4 is 0 Å². The summed E-state index contributed by atoms with van der Waals surface area (Å²) in [6.07, 6.45) is 0.979. The Kier molecular flexibility index (Phi) is 3.58. The van der Waals surface area contributed by atoms with Gasteiger partial charge in [0.15, 0.2) is 12.1 Å². The van der Waals surface area contributed by atoms with Gasteiger partial charge in [-0.3, -0.25) is 0 Å². The first-order valence-corrected chi connectivity index (χ1v) is 6.85. The van der Waals surface area contributed by atoms with Gasteiger partial charge >= 0.3 is 0 Å². The molecule has 0 N–H and O–H groups in total. The lowest BCUT2D eigenvalue weighted by atomic mass is 10.1. The number of halogens is 1. The average molecular weight is 286 g/mol. The number of hydrogen-bond donors (Lipinski definition) is 0. The van der Waals surface area contributed by atoms with Crippen LogP contribution in [0.2, 0.25) is 0 Å². The van der Waals surface area contributed by atoms with E-state index < -0.39 is 18.1 Å². The molecular formula is C14H19FO5. The Bertz CT molecular complexity index is 472. The molecule has 5 nitrogen and oxygen atoms in total. The first kappa shape index (κ1) is 14.0. The molecule has 2 saturated heterocycles. The van der Waals surface area contributed by atoms with Gasteiger partial charge in [0.2, 0.25) is 0 Å². The van der Waals surface area contributed by atoms with Crippen molar-refractivity contribution < 1.29 is 27.8 Å². The highest BCUT2D eigenvalue weighted by Crippen LogP contribution is 2.39. The van der Waals surface area contributed by atoms with E-state index in [0.29, 0.717) is 5.56 Å². The second kappa shape index (κ2) is 5.11. The lowest BCUT2D eigenvalue weighted by Gasteiger charge is -2.25. The highest BCUT2D eigenvalue weighted by molar-refractivity contribution is 5.06. The smallest absolute Gasteiger partial charge is 0.283 e. The third kappa shape index (κ3) is 2.48. The summed E-state index contributed by atoms with van der Waals surface area (Å²) in [4.78, 5) is 0. The summed E-state index contributed by atoms with van der Waals surface area (Å²) in [6, 6.07) is 0.942. The molecule has 0 spiro atoms. The van der Waals surface area contributed by atoms with E-state index in [-0.39, 0.29) is 24.9 Å². The molecule has 0 bridgehead atoms. The van der Waals surface area contributed by atoms with Crippen molar-refractivity contribution in [2.75, 3.05) is 0 Å². The summed E-state index contributed by atoms with van der Waals surface area (Å²) in [5, 5.41) is 0. The molecule has 2 aliphatic heterocycles. The fourth-order valence-electron chi connectivity index (χ4n) is 2.68. The van der Waals surface area contributed by atoms with Crippen LogP contribution in [0.3, 0.4) is 0 Å². The molecule has 2 fully saturated rings. The zero-order valence-electron chi connectivity index (χ0n) is 11.8. The van der Waals surface area contributed by atoms with E-state index in [4.69, 9.17) is 18.9 Å². The quantitative estimate of drug-likeness (QED) is 0.851. The molecule has 4 atom stereocenters. The molecule has 2 aliphatic rings. The Morgan fingerprint density at radius 2 is 2.15 bits per heavy atom.